The Bertz CT molecular complexity index is 275. The van der Waals surface area contributed by atoms with Gasteiger partial charge in [0.05, 0.1) is 0 Å². The van der Waals surface area contributed by atoms with E-state index in [0.717, 1.165) is 0 Å². The summed E-state index contributed by atoms with van der Waals surface area (Å²) >= 11 is 0. The van der Waals surface area contributed by atoms with Crippen molar-refractivity contribution in [3.63, 3.8) is 0 Å². The maximum atomic E-state index is 9.72. The van der Waals surface area contributed by atoms with Crippen molar-refractivity contribution in [1.82, 2.24) is 0 Å². The van der Waals surface area contributed by atoms with Gasteiger partial charge in [-0.05, 0) is 9.73 Å². The molecule has 0 heterocycles. The van der Waals surface area contributed by atoms with Crippen LogP contribution in [0.5, 0.6) is 0 Å². The maximum absolute atomic E-state index is 9.72. The normalized spacial score (nSPS) is 17.7. The van der Waals surface area contributed by atoms with Gasteiger partial charge in [0.1, 0.15) is 0 Å². The molecule has 0 rings (SSSR count). The van der Waals surface area contributed by atoms with Crippen molar-refractivity contribution in [2.45, 2.75) is 58.3 Å². The number of quaternary nitrogens is 2. The first-order valence-corrected chi connectivity index (χ1v) is 6.04. The van der Waals surface area contributed by atoms with E-state index in [0.29, 0.717) is 12.8 Å². The molecular formula is C9H29N7O2+2. The average molecular weight is 267 g/mol. The number of hydroxylamine groups is 2. The van der Waals surface area contributed by atoms with Crippen LogP contribution >= 0.6 is 0 Å². The molecule has 0 aromatic rings. The first kappa shape index (κ1) is 17.6. The SMILES string of the molecule is CCC(C)(O[N+](N)(N)C(N)(CC)CC)[N+](N)(N)O. The summed E-state index contributed by atoms with van der Waals surface area (Å²) in [6, 6.07) is 0. The molecule has 0 aliphatic rings. The van der Waals surface area contributed by atoms with Crippen LogP contribution in [0, 0.1) is 0 Å². The highest BCUT2D eigenvalue weighted by Gasteiger charge is 2.56. The second-order valence-electron chi connectivity index (χ2n) is 4.88. The molecule has 0 aliphatic heterocycles. The second-order valence-corrected chi connectivity index (χ2v) is 4.88. The van der Waals surface area contributed by atoms with E-state index in [-0.39, 0.29) is 6.42 Å². The van der Waals surface area contributed by atoms with Crippen LogP contribution in [0.1, 0.15) is 47.0 Å². The molecule has 0 radical (unpaired) electrons. The first-order chi connectivity index (χ1) is 7.89. The van der Waals surface area contributed by atoms with Crippen LogP contribution < -0.4 is 29.1 Å². The molecule has 18 heavy (non-hydrogen) atoms. The lowest BCUT2D eigenvalue weighted by atomic mass is 10.1. The number of hydrogen-bond acceptors (Lipinski definition) is 7. The largest absolute Gasteiger partial charge is 0.320 e. The summed E-state index contributed by atoms with van der Waals surface area (Å²) in [4.78, 5) is 3.19. The van der Waals surface area contributed by atoms with Crippen LogP contribution in [0.2, 0.25) is 0 Å². The van der Waals surface area contributed by atoms with Crippen molar-refractivity contribution in [2.24, 2.45) is 29.1 Å². The molecule has 9 heteroatoms. The van der Waals surface area contributed by atoms with Crippen molar-refractivity contribution in [1.29, 1.82) is 0 Å². The quantitative estimate of drug-likeness (QED) is 0.150. The van der Waals surface area contributed by atoms with Crippen LogP contribution in [-0.4, -0.2) is 26.3 Å². The smallest absolute Gasteiger partial charge is 0.273 e. The average Bonchev–Trinajstić information content (AvgIpc) is 2.25. The fraction of sp³-hybridized carbons (Fsp3) is 1.00. The van der Waals surface area contributed by atoms with Crippen molar-refractivity contribution in [2.75, 3.05) is 0 Å². The Morgan fingerprint density at radius 3 is 1.61 bits per heavy atom. The number of nitrogens with zero attached hydrogens (tertiary/aromatic N) is 2. The minimum absolute atomic E-state index is 0.286. The zero-order chi connectivity index (χ0) is 14.8. The summed E-state index contributed by atoms with van der Waals surface area (Å²) in [5.74, 6) is 22.7. The highest BCUT2D eigenvalue weighted by molar-refractivity contribution is 4.67. The summed E-state index contributed by atoms with van der Waals surface area (Å²) in [5.41, 5.74) is 3.71. The monoisotopic (exact) mass is 267 g/mol. The molecule has 1 unspecified atom stereocenters. The van der Waals surface area contributed by atoms with Crippen molar-refractivity contribution in [3.05, 3.63) is 0 Å². The van der Waals surface area contributed by atoms with E-state index in [4.69, 9.17) is 33.9 Å². The van der Waals surface area contributed by atoms with Crippen molar-refractivity contribution >= 4 is 0 Å². The Morgan fingerprint density at radius 2 is 1.39 bits per heavy atom. The third kappa shape index (κ3) is 3.15. The molecule has 0 aliphatic carbocycles. The van der Waals surface area contributed by atoms with Crippen molar-refractivity contribution in [3.8, 4) is 0 Å². The van der Waals surface area contributed by atoms with Gasteiger partial charge in [0, 0.05) is 26.2 Å². The summed E-state index contributed by atoms with van der Waals surface area (Å²) in [7, 11) is 0. The molecule has 110 valence electrons. The lowest BCUT2D eigenvalue weighted by Crippen LogP contribution is -2.82. The van der Waals surface area contributed by atoms with E-state index in [1.807, 2.05) is 13.8 Å². The van der Waals surface area contributed by atoms with Crippen LogP contribution in [0.15, 0.2) is 0 Å². The van der Waals surface area contributed by atoms with Gasteiger partial charge in [-0.15, -0.1) is 23.4 Å². The zero-order valence-electron chi connectivity index (χ0n) is 11.8. The van der Waals surface area contributed by atoms with Gasteiger partial charge in [0.15, 0.2) is 0 Å². The fourth-order valence-corrected chi connectivity index (χ4v) is 1.54. The number of rotatable bonds is 7. The first-order valence-electron chi connectivity index (χ1n) is 6.04. The zero-order valence-corrected chi connectivity index (χ0v) is 11.8. The Morgan fingerprint density at radius 1 is 1.00 bits per heavy atom. The molecular weight excluding hydrogens is 238 g/mol. The van der Waals surface area contributed by atoms with E-state index in [1.54, 1.807) is 6.92 Å². The lowest BCUT2D eigenvalue weighted by Gasteiger charge is -2.44. The molecule has 0 aromatic heterocycles. The standard InChI is InChI=1S/C9H29N7O2/c1-5-8(4,15(11,12)17)18-16(13,14)9(10,6-2)7-3/h17H,5-7,10-14H2,1-4H3/q+2. The summed E-state index contributed by atoms with van der Waals surface area (Å²) < 4.78 is 0. The Kier molecular flexibility index (Phi) is 5.22. The topological polar surface area (TPSA) is 160 Å². The molecule has 0 spiro atoms. The molecule has 0 fully saturated rings. The third-order valence-electron chi connectivity index (χ3n) is 3.68. The highest BCUT2D eigenvalue weighted by atomic mass is 16.8. The minimum Gasteiger partial charge on any atom is -0.273 e. The molecule has 0 saturated carbocycles. The van der Waals surface area contributed by atoms with Crippen LogP contribution in [0.4, 0.5) is 0 Å². The van der Waals surface area contributed by atoms with Crippen LogP contribution in [0.25, 0.3) is 0 Å². The number of hydrogen-bond donors (Lipinski definition) is 6. The number of nitrogens with two attached hydrogens (primary N) is 5. The minimum atomic E-state index is -1.40. The Hall–Kier alpha value is -0.360. The van der Waals surface area contributed by atoms with Gasteiger partial charge >= 0.3 is 5.72 Å². The predicted octanol–water partition coefficient (Wildman–Crippen LogP) is -0.963. The molecule has 9 nitrogen and oxygen atoms in total. The van der Waals surface area contributed by atoms with Crippen LogP contribution in [0.3, 0.4) is 0 Å². The second kappa shape index (κ2) is 5.33. The van der Waals surface area contributed by atoms with Crippen molar-refractivity contribution < 1.29 is 19.8 Å². The maximum Gasteiger partial charge on any atom is 0.320 e. The lowest BCUT2D eigenvalue weighted by molar-refractivity contribution is -1.26. The molecule has 0 aromatic carbocycles. The van der Waals surface area contributed by atoms with Gasteiger partial charge in [-0.2, -0.15) is 5.21 Å². The Balaban J connectivity index is 5.29. The molecule has 0 amide bonds. The Labute approximate surface area is 108 Å². The van der Waals surface area contributed by atoms with Gasteiger partial charge in [0.25, 0.3) is 0 Å². The van der Waals surface area contributed by atoms with E-state index >= 15 is 0 Å². The molecule has 0 saturated heterocycles. The van der Waals surface area contributed by atoms with E-state index < -0.39 is 21.1 Å². The van der Waals surface area contributed by atoms with Gasteiger partial charge in [-0.1, -0.05) is 25.6 Å². The molecule has 0 bridgehead atoms. The highest BCUT2D eigenvalue weighted by Crippen LogP contribution is 2.28. The summed E-state index contributed by atoms with van der Waals surface area (Å²) in [5, 5.41) is 9.72. The summed E-state index contributed by atoms with van der Waals surface area (Å²) in [6.45, 7) is 6.92. The predicted molar refractivity (Wildman–Crippen MR) is 66.3 cm³/mol. The van der Waals surface area contributed by atoms with Gasteiger partial charge in [-0.3, -0.25) is 5.73 Å². The molecule has 1 atom stereocenters. The third-order valence-corrected chi connectivity index (χ3v) is 3.68. The van der Waals surface area contributed by atoms with Crippen LogP contribution in [-0.2, 0) is 4.84 Å². The van der Waals surface area contributed by atoms with Gasteiger partial charge in [-0.25, -0.2) is 0 Å². The fourth-order valence-electron chi connectivity index (χ4n) is 1.54. The summed E-state index contributed by atoms with van der Waals surface area (Å²) in [6.07, 6.45) is 1.25. The van der Waals surface area contributed by atoms with E-state index in [9.17, 15) is 5.21 Å². The van der Waals surface area contributed by atoms with E-state index in [1.165, 1.54) is 6.92 Å². The van der Waals surface area contributed by atoms with Gasteiger partial charge in [0.2, 0.25) is 5.66 Å². The van der Waals surface area contributed by atoms with E-state index in [2.05, 4.69) is 0 Å². The van der Waals surface area contributed by atoms with Gasteiger partial charge < -0.3 is 0 Å². The molecule has 11 N–H and O–H groups in total.